The molecular weight excluding hydrogens is 369 g/mol. The Hall–Kier alpha value is -2.25. The highest BCUT2D eigenvalue weighted by molar-refractivity contribution is 5.94. The smallest absolute Gasteiger partial charge is 0.251 e. The monoisotopic (exact) mass is 388 g/mol. The van der Waals surface area contributed by atoms with Crippen LogP contribution in [-0.4, -0.2) is 25.6 Å². The van der Waals surface area contributed by atoms with Gasteiger partial charge in [0.05, 0.1) is 7.11 Å². The van der Waals surface area contributed by atoms with E-state index in [1.807, 2.05) is 0 Å². The first-order valence-corrected chi connectivity index (χ1v) is 7.72. The third kappa shape index (κ3) is 5.93. The number of hydrogen-bond acceptors (Lipinski definition) is 3. The summed E-state index contributed by atoms with van der Waals surface area (Å²) in [5.41, 5.74) is 6.36. The van der Waals surface area contributed by atoms with E-state index in [2.05, 4.69) is 5.32 Å². The van der Waals surface area contributed by atoms with Crippen LogP contribution in [0.4, 0.5) is 13.2 Å². The second-order valence-corrected chi connectivity index (χ2v) is 5.60. The lowest BCUT2D eigenvalue weighted by molar-refractivity contribution is 0.0952. The van der Waals surface area contributed by atoms with Gasteiger partial charge in [0.15, 0.2) is 11.6 Å². The van der Waals surface area contributed by atoms with Crippen LogP contribution in [0.25, 0.3) is 0 Å². The van der Waals surface area contributed by atoms with E-state index in [4.69, 9.17) is 10.5 Å². The Labute approximate surface area is 155 Å². The zero-order valence-electron chi connectivity index (χ0n) is 14.1. The van der Waals surface area contributed by atoms with Crippen molar-refractivity contribution in [3.05, 3.63) is 65.0 Å². The topological polar surface area (TPSA) is 64.3 Å². The lowest BCUT2D eigenvalue weighted by Crippen LogP contribution is -2.31. The lowest BCUT2D eigenvalue weighted by Gasteiger charge is -2.13. The minimum absolute atomic E-state index is 0. The SMILES string of the molecule is COc1ccc(C(=O)NCC[C@H](N)Cc2cc(F)c(F)cc2F)cc1.Cl. The van der Waals surface area contributed by atoms with Crippen molar-refractivity contribution in [3.8, 4) is 5.75 Å². The predicted molar refractivity (Wildman–Crippen MR) is 95.2 cm³/mol. The van der Waals surface area contributed by atoms with Gasteiger partial charge in [-0.05, 0) is 48.7 Å². The van der Waals surface area contributed by atoms with E-state index < -0.39 is 23.5 Å². The average molecular weight is 389 g/mol. The van der Waals surface area contributed by atoms with Crippen molar-refractivity contribution in [1.29, 1.82) is 0 Å². The molecule has 3 N–H and O–H groups in total. The van der Waals surface area contributed by atoms with Crippen molar-refractivity contribution in [2.24, 2.45) is 5.73 Å². The Morgan fingerprint density at radius 3 is 2.35 bits per heavy atom. The Kier molecular flexibility index (Phi) is 8.41. The van der Waals surface area contributed by atoms with Crippen molar-refractivity contribution >= 4 is 18.3 Å². The molecule has 0 fully saturated rings. The summed E-state index contributed by atoms with van der Waals surface area (Å²) in [4.78, 5) is 12.0. The van der Waals surface area contributed by atoms with E-state index in [0.717, 1.165) is 6.07 Å². The molecule has 0 aliphatic carbocycles. The molecule has 26 heavy (non-hydrogen) atoms. The van der Waals surface area contributed by atoms with Crippen LogP contribution < -0.4 is 15.8 Å². The minimum Gasteiger partial charge on any atom is -0.497 e. The summed E-state index contributed by atoms with van der Waals surface area (Å²) < 4.78 is 44.7. The Balaban J connectivity index is 0.00000338. The van der Waals surface area contributed by atoms with Gasteiger partial charge < -0.3 is 15.8 Å². The highest BCUT2D eigenvalue weighted by Crippen LogP contribution is 2.16. The molecule has 0 unspecified atom stereocenters. The maximum atomic E-state index is 13.6. The van der Waals surface area contributed by atoms with Gasteiger partial charge in [-0.2, -0.15) is 0 Å². The van der Waals surface area contributed by atoms with Crippen molar-refractivity contribution in [1.82, 2.24) is 5.32 Å². The number of rotatable bonds is 7. The number of carbonyl (C=O) groups is 1. The molecule has 8 heteroatoms. The first kappa shape index (κ1) is 21.8. The number of methoxy groups -OCH3 is 1. The van der Waals surface area contributed by atoms with Crippen LogP contribution in [0, 0.1) is 17.5 Å². The molecule has 0 bridgehead atoms. The number of nitrogens with one attached hydrogen (secondary N) is 1. The molecule has 0 heterocycles. The van der Waals surface area contributed by atoms with Gasteiger partial charge in [-0.1, -0.05) is 0 Å². The van der Waals surface area contributed by atoms with Crippen LogP contribution in [0.15, 0.2) is 36.4 Å². The third-order valence-electron chi connectivity index (χ3n) is 3.72. The van der Waals surface area contributed by atoms with E-state index in [0.29, 0.717) is 23.8 Å². The quantitative estimate of drug-likeness (QED) is 0.716. The van der Waals surface area contributed by atoms with E-state index >= 15 is 0 Å². The fourth-order valence-corrected chi connectivity index (χ4v) is 2.32. The number of benzene rings is 2. The molecule has 4 nitrogen and oxygen atoms in total. The normalized spacial score (nSPS) is 11.4. The molecule has 0 aromatic heterocycles. The first-order chi connectivity index (χ1) is 11.9. The Morgan fingerprint density at radius 2 is 1.73 bits per heavy atom. The number of carbonyl (C=O) groups excluding carboxylic acids is 1. The van der Waals surface area contributed by atoms with Crippen LogP contribution in [-0.2, 0) is 6.42 Å². The molecule has 0 saturated heterocycles. The zero-order chi connectivity index (χ0) is 18.4. The van der Waals surface area contributed by atoms with Gasteiger partial charge in [0.2, 0.25) is 0 Å². The molecule has 2 aromatic rings. The Morgan fingerprint density at radius 1 is 1.12 bits per heavy atom. The van der Waals surface area contributed by atoms with Gasteiger partial charge in [0.25, 0.3) is 5.91 Å². The highest BCUT2D eigenvalue weighted by atomic mass is 35.5. The summed E-state index contributed by atoms with van der Waals surface area (Å²) >= 11 is 0. The molecule has 0 spiro atoms. The summed E-state index contributed by atoms with van der Waals surface area (Å²) in [5, 5.41) is 2.70. The highest BCUT2D eigenvalue weighted by Gasteiger charge is 2.13. The molecule has 0 saturated carbocycles. The summed E-state index contributed by atoms with van der Waals surface area (Å²) in [6.45, 7) is 0.275. The molecule has 0 aliphatic heterocycles. The molecule has 1 atom stereocenters. The first-order valence-electron chi connectivity index (χ1n) is 7.72. The number of nitrogens with two attached hydrogens (primary N) is 1. The standard InChI is InChI=1S/C18H19F3N2O2.ClH/c1-25-14-4-2-11(3-5-14)18(24)23-7-6-13(22)8-12-9-16(20)17(21)10-15(12)19;/h2-5,9-10,13H,6-8,22H2,1H3,(H,23,24);1H/t13-;/m0./s1. The summed E-state index contributed by atoms with van der Waals surface area (Å²) in [5.74, 6) is -2.81. The van der Waals surface area contributed by atoms with Crippen LogP contribution in [0.5, 0.6) is 5.75 Å². The summed E-state index contributed by atoms with van der Waals surface area (Å²) in [6.07, 6.45) is 0.405. The number of hydrogen-bond donors (Lipinski definition) is 2. The van der Waals surface area contributed by atoms with Gasteiger partial charge >= 0.3 is 0 Å². The van der Waals surface area contributed by atoms with Crippen LogP contribution >= 0.6 is 12.4 Å². The lowest BCUT2D eigenvalue weighted by atomic mass is 10.0. The molecule has 1 amide bonds. The molecule has 0 radical (unpaired) electrons. The Bertz CT molecular complexity index is 742. The largest absolute Gasteiger partial charge is 0.497 e. The van der Waals surface area contributed by atoms with Gasteiger partial charge in [-0.25, -0.2) is 13.2 Å². The number of halogens is 4. The molecule has 2 rings (SSSR count). The predicted octanol–water partition coefficient (Wildman–Crippen LogP) is 3.22. The van der Waals surface area contributed by atoms with Crippen molar-refractivity contribution in [3.63, 3.8) is 0 Å². The molecular formula is C18H20ClF3N2O2. The van der Waals surface area contributed by atoms with Gasteiger partial charge in [-0.3, -0.25) is 4.79 Å². The zero-order valence-corrected chi connectivity index (χ0v) is 14.9. The van der Waals surface area contributed by atoms with E-state index in [1.54, 1.807) is 24.3 Å². The average Bonchev–Trinajstić information content (AvgIpc) is 2.59. The van der Waals surface area contributed by atoms with Crippen molar-refractivity contribution in [2.45, 2.75) is 18.9 Å². The van der Waals surface area contributed by atoms with Gasteiger partial charge in [0, 0.05) is 24.2 Å². The summed E-state index contributed by atoms with van der Waals surface area (Å²) in [6, 6.07) is 7.41. The number of ether oxygens (including phenoxy) is 1. The van der Waals surface area contributed by atoms with Gasteiger partial charge in [0.1, 0.15) is 11.6 Å². The maximum Gasteiger partial charge on any atom is 0.251 e. The number of amides is 1. The van der Waals surface area contributed by atoms with E-state index in [-0.39, 0.29) is 36.8 Å². The third-order valence-corrected chi connectivity index (χ3v) is 3.72. The fraction of sp³-hybridized carbons (Fsp3) is 0.278. The van der Waals surface area contributed by atoms with Crippen molar-refractivity contribution < 1.29 is 22.7 Å². The maximum absolute atomic E-state index is 13.6. The van der Waals surface area contributed by atoms with Crippen LogP contribution in [0.2, 0.25) is 0 Å². The molecule has 2 aromatic carbocycles. The second kappa shape index (κ2) is 10.0. The molecule has 0 aliphatic rings. The van der Waals surface area contributed by atoms with E-state index in [1.165, 1.54) is 7.11 Å². The van der Waals surface area contributed by atoms with E-state index in [9.17, 15) is 18.0 Å². The van der Waals surface area contributed by atoms with Crippen LogP contribution in [0.1, 0.15) is 22.3 Å². The summed E-state index contributed by atoms with van der Waals surface area (Å²) in [7, 11) is 1.53. The molecule has 142 valence electrons. The fourth-order valence-electron chi connectivity index (χ4n) is 2.32. The van der Waals surface area contributed by atoms with Crippen LogP contribution in [0.3, 0.4) is 0 Å². The minimum atomic E-state index is -1.23. The second-order valence-electron chi connectivity index (χ2n) is 5.60. The van der Waals surface area contributed by atoms with Gasteiger partial charge in [-0.15, -0.1) is 12.4 Å². The van der Waals surface area contributed by atoms with Crippen molar-refractivity contribution in [2.75, 3.05) is 13.7 Å².